The number of urea groups is 1. The monoisotopic (exact) mass is 415 g/mol. The molecule has 29 heavy (non-hydrogen) atoms. The minimum atomic E-state index is -2.66. The molecule has 0 saturated carbocycles. The fraction of sp³-hybridized carbons (Fsp3) is 0.353. The third-order valence-corrected chi connectivity index (χ3v) is 4.88. The Labute approximate surface area is 160 Å². The Morgan fingerprint density at radius 3 is 1.72 bits per heavy atom. The summed E-state index contributed by atoms with van der Waals surface area (Å²) in [5.41, 5.74) is -5.53. The molecular formula is C17H13F4N3O5. The van der Waals surface area contributed by atoms with Crippen molar-refractivity contribution in [1.29, 1.82) is 0 Å². The number of carbonyl (C=O) groups excluding carboxylic acids is 5. The highest BCUT2D eigenvalue weighted by Gasteiger charge is 2.63. The van der Waals surface area contributed by atoms with Crippen molar-refractivity contribution in [2.45, 2.75) is 32.2 Å². The minimum Gasteiger partial charge on any atom is -0.275 e. The van der Waals surface area contributed by atoms with Crippen LogP contribution in [0.15, 0.2) is 0 Å². The maximum atomic E-state index is 14.2. The lowest BCUT2D eigenvalue weighted by atomic mass is 9.88. The second-order valence-electron chi connectivity index (χ2n) is 6.38. The van der Waals surface area contributed by atoms with Crippen LogP contribution in [0.5, 0.6) is 0 Å². The number of hydrogen-bond donors (Lipinski definition) is 1. The van der Waals surface area contributed by atoms with Gasteiger partial charge in [-0.05, 0) is 12.8 Å². The van der Waals surface area contributed by atoms with E-state index in [-0.39, 0.29) is 17.9 Å². The molecule has 0 aromatic heterocycles. The van der Waals surface area contributed by atoms with Gasteiger partial charge in [-0.3, -0.25) is 29.4 Å². The zero-order chi connectivity index (χ0) is 21.8. The maximum absolute atomic E-state index is 14.2. The van der Waals surface area contributed by atoms with Crippen LogP contribution in [0, 0.1) is 23.3 Å². The van der Waals surface area contributed by atoms with Crippen molar-refractivity contribution in [1.82, 2.24) is 15.1 Å². The fourth-order valence-corrected chi connectivity index (χ4v) is 3.47. The molecule has 6 amide bonds. The van der Waals surface area contributed by atoms with Crippen LogP contribution in [0.2, 0.25) is 0 Å². The fourth-order valence-electron chi connectivity index (χ4n) is 3.47. The highest BCUT2D eigenvalue weighted by atomic mass is 19.2. The number of hydrogen-bond acceptors (Lipinski definition) is 5. The molecule has 0 spiro atoms. The third-order valence-electron chi connectivity index (χ3n) is 4.88. The first-order valence-electron chi connectivity index (χ1n) is 8.48. The second-order valence-corrected chi connectivity index (χ2v) is 6.38. The summed E-state index contributed by atoms with van der Waals surface area (Å²) in [4.78, 5) is 63.5. The number of nitrogens with one attached hydrogen (secondary N) is 1. The van der Waals surface area contributed by atoms with Gasteiger partial charge in [-0.25, -0.2) is 27.3 Å². The summed E-state index contributed by atoms with van der Waals surface area (Å²) in [6.45, 7) is 2.63. The Bertz CT molecular complexity index is 965. The summed E-state index contributed by atoms with van der Waals surface area (Å²) >= 11 is 0. The van der Waals surface area contributed by atoms with E-state index in [2.05, 4.69) is 0 Å². The Morgan fingerprint density at radius 1 is 0.828 bits per heavy atom. The molecule has 2 heterocycles. The van der Waals surface area contributed by atoms with Crippen molar-refractivity contribution in [3.05, 3.63) is 34.4 Å². The summed E-state index contributed by atoms with van der Waals surface area (Å²) in [5.74, 6) is -14.9. The second kappa shape index (κ2) is 6.64. The molecule has 3 rings (SSSR count). The third kappa shape index (κ3) is 2.41. The van der Waals surface area contributed by atoms with Gasteiger partial charge in [-0.15, -0.1) is 0 Å². The Kier molecular flexibility index (Phi) is 4.67. The first kappa shape index (κ1) is 20.4. The number of nitrogens with zero attached hydrogens (tertiary/aromatic N) is 2. The van der Waals surface area contributed by atoms with Crippen LogP contribution in [0.3, 0.4) is 0 Å². The average Bonchev–Trinajstić information content (AvgIpc) is 2.94. The standard InChI is InChI=1S/C17H13F4N3O5/c1-3-5-23-15(28)17(4-2,14(27)22-16(23)29)24-12(25)6-7(13(24)26)9(19)11(21)10(20)8(6)18/h3-5H2,1-2H3,(H,22,27,29). The molecular weight excluding hydrogens is 402 g/mol. The average molecular weight is 415 g/mol. The van der Waals surface area contributed by atoms with E-state index in [4.69, 9.17) is 0 Å². The predicted octanol–water partition coefficient (Wildman–Crippen LogP) is 1.48. The number of imide groups is 3. The number of fused-ring (bicyclic) bond motifs is 1. The summed E-state index contributed by atoms with van der Waals surface area (Å²) in [6, 6.07) is -1.10. The molecule has 0 aliphatic carbocycles. The molecule has 1 aromatic carbocycles. The zero-order valence-electron chi connectivity index (χ0n) is 15.1. The van der Waals surface area contributed by atoms with Gasteiger partial charge in [-0.2, -0.15) is 0 Å². The normalized spacial score (nSPS) is 21.8. The van der Waals surface area contributed by atoms with Crippen molar-refractivity contribution in [2.24, 2.45) is 0 Å². The molecule has 1 atom stereocenters. The lowest BCUT2D eigenvalue weighted by Gasteiger charge is -2.42. The SMILES string of the molecule is CCCN1C(=O)NC(=O)C(CC)(N2C(=O)c3c(F)c(F)c(F)c(F)c3C2=O)C1=O. The summed E-state index contributed by atoms with van der Waals surface area (Å²) in [7, 11) is 0. The van der Waals surface area contributed by atoms with E-state index in [0.29, 0.717) is 4.90 Å². The molecule has 1 aromatic rings. The van der Waals surface area contributed by atoms with E-state index in [1.807, 2.05) is 5.32 Å². The van der Waals surface area contributed by atoms with Crippen LogP contribution in [-0.4, -0.2) is 51.5 Å². The van der Waals surface area contributed by atoms with Crippen molar-refractivity contribution in [3.63, 3.8) is 0 Å². The van der Waals surface area contributed by atoms with Crippen molar-refractivity contribution in [3.8, 4) is 0 Å². The zero-order valence-corrected chi connectivity index (χ0v) is 15.1. The molecule has 2 aliphatic heterocycles. The van der Waals surface area contributed by atoms with Gasteiger partial charge in [0.25, 0.3) is 23.6 Å². The van der Waals surface area contributed by atoms with Gasteiger partial charge >= 0.3 is 6.03 Å². The quantitative estimate of drug-likeness (QED) is 0.264. The molecule has 2 aliphatic rings. The van der Waals surface area contributed by atoms with Crippen molar-refractivity contribution >= 4 is 29.7 Å². The molecule has 1 unspecified atom stereocenters. The number of benzene rings is 1. The van der Waals surface area contributed by atoms with Crippen LogP contribution in [-0.2, 0) is 9.59 Å². The van der Waals surface area contributed by atoms with Gasteiger partial charge in [0.1, 0.15) is 0 Å². The number of halogens is 4. The van der Waals surface area contributed by atoms with E-state index < -0.39 is 76.0 Å². The van der Waals surface area contributed by atoms with E-state index in [9.17, 15) is 41.5 Å². The van der Waals surface area contributed by atoms with Crippen LogP contribution in [0.4, 0.5) is 22.4 Å². The van der Waals surface area contributed by atoms with Gasteiger partial charge in [0.05, 0.1) is 11.1 Å². The predicted molar refractivity (Wildman–Crippen MR) is 85.3 cm³/mol. The molecule has 1 fully saturated rings. The number of rotatable bonds is 4. The summed E-state index contributed by atoms with van der Waals surface area (Å²) < 4.78 is 55.5. The van der Waals surface area contributed by atoms with Crippen LogP contribution < -0.4 is 5.32 Å². The van der Waals surface area contributed by atoms with Crippen molar-refractivity contribution < 1.29 is 41.5 Å². The van der Waals surface area contributed by atoms with E-state index in [1.165, 1.54) is 6.92 Å². The van der Waals surface area contributed by atoms with Crippen LogP contribution in [0.1, 0.15) is 47.4 Å². The first-order valence-corrected chi connectivity index (χ1v) is 8.48. The largest absolute Gasteiger partial charge is 0.330 e. The highest BCUT2D eigenvalue weighted by Crippen LogP contribution is 2.38. The van der Waals surface area contributed by atoms with Crippen LogP contribution >= 0.6 is 0 Å². The first-order chi connectivity index (χ1) is 13.6. The number of carbonyl (C=O) groups is 5. The molecule has 0 bridgehead atoms. The Balaban J connectivity index is 2.25. The van der Waals surface area contributed by atoms with E-state index >= 15 is 0 Å². The van der Waals surface area contributed by atoms with E-state index in [1.54, 1.807) is 6.92 Å². The smallest absolute Gasteiger partial charge is 0.275 e. The highest BCUT2D eigenvalue weighted by molar-refractivity contribution is 6.31. The minimum absolute atomic E-state index is 0.0462. The Hall–Kier alpha value is -3.31. The lowest BCUT2D eigenvalue weighted by Crippen LogP contribution is -2.74. The molecule has 0 radical (unpaired) electrons. The van der Waals surface area contributed by atoms with Crippen molar-refractivity contribution in [2.75, 3.05) is 6.54 Å². The van der Waals surface area contributed by atoms with E-state index in [0.717, 1.165) is 0 Å². The van der Waals surface area contributed by atoms with Gasteiger partial charge in [0.15, 0.2) is 23.3 Å². The molecule has 12 heteroatoms. The number of amides is 6. The topological polar surface area (TPSA) is 104 Å². The van der Waals surface area contributed by atoms with Crippen LogP contribution in [0.25, 0.3) is 0 Å². The van der Waals surface area contributed by atoms with Gasteiger partial charge in [0.2, 0.25) is 5.54 Å². The molecule has 8 nitrogen and oxygen atoms in total. The molecule has 1 saturated heterocycles. The van der Waals surface area contributed by atoms with Gasteiger partial charge in [0, 0.05) is 6.54 Å². The molecule has 1 N–H and O–H groups in total. The van der Waals surface area contributed by atoms with Gasteiger partial charge in [-0.1, -0.05) is 13.8 Å². The number of barbiturate groups is 1. The lowest BCUT2D eigenvalue weighted by molar-refractivity contribution is -0.151. The summed E-state index contributed by atoms with van der Waals surface area (Å²) in [5, 5.41) is 1.83. The maximum Gasteiger partial charge on any atom is 0.330 e. The summed E-state index contributed by atoms with van der Waals surface area (Å²) in [6.07, 6.45) is -0.306. The van der Waals surface area contributed by atoms with Gasteiger partial charge < -0.3 is 0 Å². The molecule has 154 valence electrons. The Morgan fingerprint density at radius 2 is 1.31 bits per heavy atom.